The summed E-state index contributed by atoms with van der Waals surface area (Å²) >= 11 is 0. The maximum atomic E-state index is 10.4. The molecule has 0 aromatic heterocycles. The van der Waals surface area contributed by atoms with Gasteiger partial charge < -0.3 is 29.5 Å². The fourth-order valence-electron chi connectivity index (χ4n) is 1.30. The number of aliphatic hydroxyl groups excluding tert-OH is 3. The zero-order valence-corrected chi connectivity index (χ0v) is 9.07. The number of ether oxygens (including phenoxy) is 3. The zero-order chi connectivity index (χ0) is 12.3. The standard InChI is InChI=1S/C9H16O7/c1-4-6(11)7(12)9(16-8(4)13)15-3-14-5(2)10/h4,6-9,11-13H,3H2,1-2H3. The molecular formula is C9H16O7. The molecule has 0 saturated carbocycles. The minimum Gasteiger partial charge on any atom is -0.439 e. The number of carbonyl (C=O) groups is 1. The lowest BCUT2D eigenvalue weighted by molar-refractivity contribution is -0.337. The highest BCUT2D eigenvalue weighted by Gasteiger charge is 2.42. The smallest absolute Gasteiger partial charge is 0.304 e. The lowest BCUT2D eigenvalue weighted by Gasteiger charge is -2.38. The van der Waals surface area contributed by atoms with Crippen LogP contribution in [0.4, 0.5) is 0 Å². The molecule has 7 heteroatoms. The lowest BCUT2D eigenvalue weighted by atomic mass is 9.96. The van der Waals surface area contributed by atoms with Gasteiger partial charge in [-0.05, 0) is 0 Å². The molecule has 1 aliphatic heterocycles. The molecule has 5 unspecified atom stereocenters. The molecule has 1 rings (SSSR count). The molecule has 1 heterocycles. The van der Waals surface area contributed by atoms with E-state index in [2.05, 4.69) is 4.74 Å². The van der Waals surface area contributed by atoms with Gasteiger partial charge in [0.2, 0.25) is 0 Å². The number of hydrogen-bond acceptors (Lipinski definition) is 7. The average molecular weight is 236 g/mol. The molecule has 0 aliphatic carbocycles. The Labute approximate surface area is 92.5 Å². The maximum absolute atomic E-state index is 10.4. The van der Waals surface area contributed by atoms with Crippen LogP contribution >= 0.6 is 0 Å². The van der Waals surface area contributed by atoms with Crippen LogP contribution in [-0.2, 0) is 19.0 Å². The number of esters is 1. The van der Waals surface area contributed by atoms with E-state index >= 15 is 0 Å². The van der Waals surface area contributed by atoms with E-state index in [9.17, 15) is 20.1 Å². The van der Waals surface area contributed by atoms with Crippen LogP contribution in [0.1, 0.15) is 13.8 Å². The Balaban J connectivity index is 2.44. The van der Waals surface area contributed by atoms with Crippen molar-refractivity contribution in [1.29, 1.82) is 0 Å². The summed E-state index contributed by atoms with van der Waals surface area (Å²) in [6.07, 6.45) is -4.92. The van der Waals surface area contributed by atoms with E-state index in [4.69, 9.17) is 9.47 Å². The van der Waals surface area contributed by atoms with Gasteiger partial charge in [0, 0.05) is 12.8 Å². The molecule has 3 N–H and O–H groups in total. The van der Waals surface area contributed by atoms with Gasteiger partial charge in [0.05, 0.1) is 6.10 Å². The zero-order valence-electron chi connectivity index (χ0n) is 9.07. The summed E-state index contributed by atoms with van der Waals surface area (Å²) < 4.78 is 14.2. The fraction of sp³-hybridized carbons (Fsp3) is 0.889. The summed E-state index contributed by atoms with van der Waals surface area (Å²) in [4.78, 5) is 10.4. The van der Waals surface area contributed by atoms with Crippen LogP contribution in [-0.4, -0.2) is 52.9 Å². The fourth-order valence-corrected chi connectivity index (χ4v) is 1.30. The van der Waals surface area contributed by atoms with Crippen LogP contribution in [0, 0.1) is 5.92 Å². The number of aliphatic hydroxyl groups is 3. The molecule has 16 heavy (non-hydrogen) atoms. The summed E-state index contributed by atoms with van der Waals surface area (Å²) in [6, 6.07) is 0. The number of rotatable bonds is 3. The second kappa shape index (κ2) is 5.55. The molecule has 1 fully saturated rings. The highest BCUT2D eigenvalue weighted by molar-refractivity contribution is 5.65. The van der Waals surface area contributed by atoms with Crippen LogP contribution in [0.5, 0.6) is 0 Å². The van der Waals surface area contributed by atoms with E-state index < -0.39 is 43.5 Å². The van der Waals surface area contributed by atoms with Crippen molar-refractivity contribution in [3.05, 3.63) is 0 Å². The normalized spacial score (nSPS) is 39.4. The van der Waals surface area contributed by atoms with E-state index in [1.54, 1.807) is 0 Å². The van der Waals surface area contributed by atoms with Crippen molar-refractivity contribution in [1.82, 2.24) is 0 Å². The predicted octanol–water partition coefficient (Wildman–Crippen LogP) is -1.44. The van der Waals surface area contributed by atoms with Gasteiger partial charge in [-0.3, -0.25) is 4.79 Å². The highest BCUT2D eigenvalue weighted by Crippen LogP contribution is 2.24. The van der Waals surface area contributed by atoms with Crippen molar-refractivity contribution >= 4 is 5.97 Å². The molecule has 94 valence electrons. The summed E-state index contributed by atoms with van der Waals surface area (Å²) in [5, 5.41) is 28.4. The van der Waals surface area contributed by atoms with Crippen molar-refractivity contribution in [3.63, 3.8) is 0 Å². The molecule has 1 aliphatic rings. The van der Waals surface area contributed by atoms with Gasteiger partial charge >= 0.3 is 5.97 Å². The Hall–Kier alpha value is -0.730. The van der Waals surface area contributed by atoms with Crippen LogP contribution in [0.25, 0.3) is 0 Å². The molecule has 0 aromatic carbocycles. The van der Waals surface area contributed by atoms with E-state index in [0.29, 0.717) is 0 Å². The minimum atomic E-state index is -1.30. The molecule has 5 atom stereocenters. The van der Waals surface area contributed by atoms with E-state index in [1.807, 2.05) is 0 Å². The second-order valence-corrected chi connectivity index (χ2v) is 3.66. The van der Waals surface area contributed by atoms with Crippen LogP contribution in [0.3, 0.4) is 0 Å². The van der Waals surface area contributed by atoms with Crippen molar-refractivity contribution in [2.75, 3.05) is 6.79 Å². The van der Waals surface area contributed by atoms with Gasteiger partial charge in [-0.1, -0.05) is 6.92 Å². The molecule has 0 aromatic rings. The van der Waals surface area contributed by atoms with Crippen molar-refractivity contribution < 1.29 is 34.3 Å². The van der Waals surface area contributed by atoms with Crippen molar-refractivity contribution in [2.45, 2.75) is 38.6 Å². The summed E-state index contributed by atoms with van der Waals surface area (Å²) in [5.74, 6) is -1.16. The average Bonchev–Trinajstić information content (AvgIpc) is 2.22. The first-order chi connectivity index (χ1) is 7.43. The molecule has 0 amide bonds. The Morgan fingerprint density at radius 3 is 2.50 bits per heavy atom. The molecule has 0 radical (unpaired) electrons. The molecular weight excluding hydrogens is 220 g/mol. The summed E-state index contributed by atoms with van der Waals surface area (Å²) in [7, 11) is 0. The quantitative estimate of drug-likeness (QED) is 0.407. The van der Waals surface area contributed by atoms with Gasteiger partial charge in [-0.15, -0.1) is 0 Å². The Kier molecular flexibility index (Phi) is 4.63. The first kappa shape index (κ1) is 13.3. The number of carbonyl (C=O) groups excluding carboxylic acids is 1. The van der Waals surface area contributed by atoms with Gasteiger partial charge in [-0.25, -0.2) is 0 Å². The monoisotopic (exact) mass is 236 g/mol. The van der Waals surface area contributed by atoms with Crippen LogP contribution in [0.2, 0.25) is 0 Å². The Morgan fingerprint density at radius 1 is 1.31 bits per heavy atom. The maximum Gasteiger partial charge on any atom is 0.304 e. The van der Waals surface area contributed by atoms with Gasteiger partial charge in [-0.2, -0.15) is 0 Å². The number of hydrogen-bond donors (Lipinski definition) is 3. The van der Waals surface area contributed by atoms with Gasteiger partial charge in [0.25, 0.3) is 0 Å². The van der Waals surface area contributed by atoms with E-state index in [1.165, 1.54) is 13.8 Å². The summed E-state index contributed by atoms with van der Waals surface area (Å²) in [5.41, 5.74) is 0. The third-order valence-electron chi connectivity index (χ3n) is 2.39. The first-order valence-corrected chi connectivity index (χ1v) is 4.88. The van der Waals surface area contributed by atoms with E-state index in [-0.39, 0.29) is 0 Å². The third-order valence-corrected chi connectivity index (χ3v) is 2.39. The first-order valence-electron chi connectivity index (χ1n) is 4.88. The molecule has 1 saturated heterocycles. The largest absolute Gasteiger partial charge is 0.439 e. The molecule has 0 bridgehead atoms. The predicted molar refractivity (Wildman–Crippen MR) is 49.8 cm³/mol. The summed E-state index contributed by atoms with van der Waals surface area (Å²) in [6.45, 7) is 2.32. The Bertz CT molecular complexity index is 244. The van der Waals surface area contributed by atoms with Gasteiger partial charge in [0.1, 0.15) is 6.10 Å². The van der Waals surface area contributed by atoms with Crippen molar-refractivity contribution in [2.24, 2.45) is 5.92 Å². The molecule has 7 nitrogen and oxygen atoms in total. The highest BCUT2D eigenvalue weighted by atomic mass is 16.8. The van der Waals surface area contributed by atoms with Crippen LogP contribution in [0.15, 0.2) is 0 Å². The topological polar surface area (TPSA) is 105 Å². The lowest BCUT2D eigenvalue weighted by Crippen LogP contribution is -2.54. The third kappa shape index (κ3) is 3.13. The van der Waals surface area contributed by atoms with Gasteiger partial charge in [0.15, 0.2) is 19.4 Å². The van der Waals surface area contributed by atoms with E-state index in [0.717, 1.165) is 0 Å². The SMILES string of the molecule is CC(=O)OCOC1OC(O)C(C)C(O)C1O. The second-order valence-electron chi connectivity index (χ2n) is 3.66. The Morgan fingerprint density at radius 2 is 1.94 bits per heavy atom. The minimum absolute atomic E-state index is 0.412. The van der Waals surface area contributed by atoms with Crippen molar-refractivity contribution in [3.8, 4) is 0 Å². The molecule has 0 spiro atoms. The van der Waals surface area contributed by atoms with Crippen LogP contribution < -0.4 is 0 Å².